The second-order valence-electron chi connectivity index (χ2n) is 8.47. The van der Waals surface area contributed by atoms with Crippen LogP contribution in [-0.4, -0.2) is 41.6 Å². The largest absolute Gasteiger partial charge is 0.369 e. The van der Waals surface area contributed by atoms with Crippen LogP contribution in [0.2, 0.25) is 0 Å². The van der Waals surface area contributed by atoms with E-state index < -0.39 is 17.1 Å². The number of rotatable bonds is 5. The summed E-state index contributed by atoms with van der Waals surface area (Å²) >= 11 is 0.759. The van der Waals surface area contributed by atoms with E-state index in [1.165, 1.54) is 12.1 Å². The summed E-state index contributed by atoms with van der Waals surface area (Å²) in [7, 11) is 0. The van der Waals surface area contributed by atoms with Crippen LogP contribution in [0.25, 0.3) is 6.08 Å². The maximum Gasteiger partial charge on any atom is 0.294 e. The van der Waals surface area contributed by atoms with Gasteiger partial charge in [0.1, 0.15) is 12.4 Å². The fraction of sp³-hybridized carbons (Fsp3) is 0.320. The molecule has 8 heteroatoms. The van der Waals surface area contributed by atoms with Crippen molar-refractivity contribution >= 4 is 46.3 Å². The van der Waals surface area contributed by atoms with E-state index in [9.17, 15) is 18.8 Å². The molecule has 2 fully saturated rings. The zero-order chi connectivity index (χ0) is 23.7. The molecule has 0 unspecified atom stereocenters. The lowest BCUT2D eigenvalue weighted by molar-refractivity contribution is -0.127. The van der Waals surface area contributed by atoms with E-state index in [1.807, 2.05) is 37.8 Å². The number of aryl methyl sites for hydroxylation is 3. The van der Waals surface area contributed by atoms with Crippen molar-refractivity contribution in [3.8, 4) is 0 Å². The second-order valence-corrected chi connectivity index (χ2v) is 9.46. The highest BCUT2D eigenvalue weighted by Gasteiger charge is 2.36. The van der Waals surface area contributed by atoms with Gasteiger partial charge in [-0.1, -0.05) is 6.07 Å². The molecular formula is C25H26FN3O3S. The predicted octanol–water partition coefficient (Wildman–Crippen LogP) is 5.03. The molecule has 3 amide bonds. The number of nitrogens with zero attached hydrogens (tertiary/aromatic N) is 2. The lowest BCUT2D eigenvalue weighted by Crippen LogP contribution is -2.36. The quantitative estimate of drug-likeness (QED) is 0.625. The predicted molar refractivity (Wildman–Crippen MR) is 130 cm³/mol. The molecule has 0 aromatic heterocycles. The van der Waals surface area contributed by atoms with E-state index in [2.05, 4.69) is 5.32 Å². The van der Waals surface area contributed by atoms with E-state index in [1.54, 1.807) is 12.1 Å². The summed E-state index contributed by atoms with van der Waals surface area (Å²) in [4.78, 5) is 40.8. The number of halogens is 1. The minimum Gasteiger partial charge on any atom is -0.369 e. The summed E-state index contributed by atoms with van der Waals surface area (Å²) in [6.07, 6.45) is 3.62. The number of carbonyl (C=O) groups excluding carboxylic acids is 3. The normalized spacial score (nSPS) is 17.4. The van der Waals surface area contributed by atoms with Gasteiger partial charge in [-0.05, 0) is 98.0 Å². The minimum absolute atomic E-state index is 0.176. The molecule has 2 aliphatic rings. The Kier molecular flexibility index (Phi) is 6.56. The molecule has 2 aliphatic heterocycles. The molecule has 2 heterocycles. The highest BCUT2D eigenvalue weighted by Crippen LogP contribution is 2.34. The van der Waals surface area contributed by atoms with Crippen molar-refractivity contribution in [2.45, 2.75) is 33.6 Å². The summed E-state index contributed by atoms with van der Waals surface area (Å²) in [6, 6.07) is 8.70. The summed E-state index contributed by atoms with van der Waals surface area (Å²) in [5, 5.41) is 2.20. The van der Waals surface area contributed by atoms with Crippen molar-refractivity contribution in [3.63, 3.8) is 0 Å². The third-order valence-corrected chi connectivity index (χ3v) is 6.94. The van der Waals surface area contributed by atoms with E-state index in [0.29, 0.717) is 16.9 Å². The molecule has 1 N–H and O–H groups in total. The first-order chi connectivity index (χ1) is 15.7. The molecule has 0 saturated carbocycles. The van der Waals surface area contributed by atoms with Gasteiger partial charge in [0.25, 0.3) is 11.1 Å². The molecule has 33 heavy (non-hydrogen) atoms. The molecule has 0 radical (unpaired) electrons. The summed E-state index contributed by atoms with van der Waals surface area (Å²) in [5.74, 6) is -1.36. The lowest BCUT2D eigenvalue weighted by atomic mass is 10.1. The minimum atomic E-state index is -0.552. The molecule has 0 aliphatic carbocycles. The number of nitrogens with one attached hydrogen (secondary N) is 1. The van der Waals surface area contributed by atoms with Crippen LogP contribution in [0, 0.1) is 26.6 Å². The highest BCUT2D eigenvalue weighted by molar-refractivity contribution is 8.18. The van der Waals surface area contributed by atoms with Crippen molar-refractivity contribution in [3.05, 3.63) is 63.3 Å². The zero-order valence-corrected chi connectivity index (χ0v) is 19.7. The molecule has 2 aromatic rings. The van der Waals surface area contributed by atoms with Crippen LogP contribution in [0.1, 0.15) is 35.1 Å². The smallest absolute Gasteiger partial charge is 0.294 e. The standard InChI is InChI=1S/C25H26FN3O3S/c1-15-6-7-19(10-16(15)2)27-23(30)14-29-24(31)22(33-25(29)32)13-18-12-20(26)21(11-17(18)3)28-8-4-5-9-28/h6-7,10-13H,4-5,8-9,14H2,1-3H3,(H,27,30). The molecule has 4 rings (SSSR count). The van der Waals surface area contributed by atoms with Gasteiger partial charge in [-0.25, -0.2) is 4.39 Å². The monoisotopic (exact) mass is 467 g/mol. The number of hydrogen-bond acceptors (Lipinski definition) is 5. The van der Waals surface area contributed by atoms with Crippen LogP contribution >= 0.6 is 11.8 Å². The average Bonchev–Trinajstić information content (AvgIpc) is 3.38. The third kappa shape index (κ3) is 4.95. The summed E-state index contributed by atoms with van der Waals surface area (Å²) in [5.41, 5.74) is 4.66. The maximum atomic E-state index is 14.7. The van der Waals surface area contributed by atoms with Gasteiger partial charge in [-0.2, -0.15) is 0 Å². The average molecular weight is 468 g/mol. The van der Waals surface area contributed by atoms with Crippen molar-refractivity contribution in [1.82, 2.24) is 4.90 Å². The van der Waals surface area contributed by atoms with E-state index >= 15 is 0 Å². The van der Waals surface area contributed by atoms with Crippen molar-refractivity contribution in [2.24, 2.45) is 0 Å². The van der Waals surface area contributed by atoms with Crippen LogP contribution < -0.4 is 10.2 Å². The Bertz CT molecular complexity index is 1170. The summed E-state index contributed by atoms with van der Waals surface area (Å²) < 4.78 is 14.7. The summed E-state index contributed by atoms with van der Waals surface area (Å²) in [6.45, 7) is 7.05. The van der Waals surface area contributed by atoms with E-state index in [-0.39, 0.29) is 17.3 Å². The fourth-order valence-corrected chi connectivity index (χ4v) is 4.81. The van der Waals surface area contributed by atoms with E-state index in [4.69, 9.17) is 0 Å². The van der Waals surface area contributed by atoms with Crippen molar-refractivity contribution < 1.29 is 18.8 Å². The maximum absolute atomic E-state index is 14.7. The molecule has 6 nitrogen and oxygen atoms in total. The van der Waals surface area contributed by atoms with Gasteiger partial charge in [0.15, 0.2) is 0 Å². The van der Waals surface area contributed by atoms with Gasteiger partial charge in [0.05, 0.1) is 10.6 Å². The SMILES string of the molecule is Cc1ccc(NC(=O)CN2C(=O)SC(=Cc3cc(F)c(N4CCCC4)cc3C)C2=O)cc1C. The Hall–Kier alpha value is -3.13. The Morgan fingerprint density at radius 3 is 2.48 bits per heavy atom. The molecule has 2 aromatic carbocycles. The molecule has 0 bridgehead atoms. The molecule has 0 atom stereocenters. The topological polar surface area (TPSA) is 69.7 Å². The first kappa shape index (κ1) is 23.0. The molecule has 0 spiro atoms. The van der Waals surface area contributed by atoms with E-state index in [0.717, 1.165) is 59.3 Å². The van der Waals surface area contributed by atoms with Gasteiger partial charge in [0.2, 0.25) is 5.91 Å². The Morgan fingerprint density at radius 1 is 1.06 bits per heavy atom. The Labute approximate surface area is 196 Å². The fourth-order valence-electron chi connectivity index (χ4n) is 3.98. The highest BCUT2D eigenvalue weighted by atomic mass is 32.2. The zero-order valence-electron chi connectivity index (χ0n) is 18.9. The first-order valence-corrected chi connectivity index (χ1v) is 11.7. The molecular weight excluding hydrogens is 441 g/mol. The van der Waals surface area contributed by atoms with Crippen molar-refractivity contribution in [1.29, 1.82) is 0 Å². The third-order valence-electron chi connectivity index (χ3n) is 6.03. The Balaban J connectivity index is 1.48. The number of benzene rings is 2. The van der Waals surface area contributed by atoms with Gasteiger partial charge in [-0.15, -0.1) is 0 Å². The van der Waals surface area contributed by atoms with Crippen LogP contribution in [0.3, 0.4) is 0 Å². The van der Waals surface area contributed by atoms with Crippen LogP contribution in [0.5, 0.6) is 0 Å². The van der Waals surface area contributed by atoms with Crippen LogP contribution in [-0.2, 0) is 9.59 Å². The molecule has 2 saturated heterocycles. The van der Waals surface area contributed by atoms with Gasteiger partial charge < -0.3 is 10.2 Å². The van der Waals surface area contributed by atoms with Crippen LogP contribution in [0.15, 0.2) is 35.2 Å². The molecule has 172 valence electrons. The first-order valence-electron chi connectivity index (χ1n) is 10.9. The number of imide groups is 1. The second kappa shape index (κ2) is 9.39. The number of thioether (sulfide) groups is 1. The van der Waals surface area contributed by atoms with Crippen LogP contribution in [0.4, 0.5) is 20.6 Å². The van der Waals surface area contributed by atoms with Crippen molar-refractivity contribution in [2.75, 3.05) is 29.9 Å². The number of carbonyl (C=O) groups is 3. The van der Waals surface area contributed by atoms with Gasteiger partial charge in [-0.3, -0.25) is 19.3 Å². The van der Waals surface area contributed by atoms with Gasteiger partial charge >= 0.3 is 0 Å². The number of anilines is 2. The lowest BCUT2D eigenvalue weighted by Gasteiger charge is -2.19. The number of hydrogen-bond donors (Lipinski definition) is 1. The number of amides is 3. The van der Waals surface area contributed by atoms with Gasteiger partial charge in [0, 0.05) is 18.8 Å². The Morgan fingerprint density at radius 2 is 1.79 bits per heavy atom.